The van der Waals surface area contributed by atoms with E-state index < -0.39 is 0 Å². The van der Waals surface area contributed by atoms with Gasteiger partial charge in [0.2, 0.25) is 0 Å². The number of rotatable bonds is 6. The summed E-state index contributed by atoms with van der Waals surface area (Å²) in [5.74, 6) is 1.05. The zero-order valence-corrected chi connectivity index (χ0v) is 11.5. The number of hydrogen-bond acceptors (Lipinski definition) is 2. The molecule has 1 aromatic rings. The highest BCUT2D eigenvalue weighted by atomic mass is 15.0. The van der Waals surface area contributed by atoms with Crippen LogP contribution in [0.25, 0.3) is 0 Å². The van der Waals surface area contributed by atoms with Gasteiger partial charge in [-0.1, -0.05) is 58.0 Å². The highest BCUT2D eigenvalue weighted by Gasteiger charge is 2.34. The van der Waals surface area contributed by atoms with Gasteiger partial charge in [0.15, 0.2) is 0 Å². The molecule has 2 heteroatoms. The van der Waals surface area contributed by atoms with E-state index >= 15 is 0 Å². The lowest BCUT2D eigenvalue weighted by atomic mass is 9.77. The van der Waals surface area contributed by atoms with Crippen molar-refractivity contribution >= 4 is 0 Å². The Morgan fingerprint density at radius 2 is 1.59 bits per heavy atom. The molecule has 0 bridgehead atoms. The molecule has 0 spiro atoms. The van der Waals surface area contributed by atoms with Crippen molar-refractivity contribution in [2.75, 3.05) is 6.54 Å². The Bertz CT molecular complexity index is 309. The number of nitrogens with one attached hydrogen (secondary N) is 1. The third kappa shape index (κ3) is 3.30. The standard InChI is InChI=1S/C15H26N2/c1-12(2)15(11-16,13(3)4)17-10-14-8-6-5-7-9-14/h5-9,12-13,17H,10-11,16H2,1-4H3. The van der Waals surface area contributed by atoms with Crippen molar-refractivity contribution in [1.82, 2.24) is 5.32 Å². The molecule has 3 N–H and O–H groups in total. The van der Waals surface area contributed by atoms with Gasteiger partial charge < -0.3 is 11.1 Å². The summed E-state index contributed by atoms with van der Waals surface area (Å²) < 4.78 is 0. The van der Waals surface area contributed by atoms with Gasteiger partial charge in [0.1, 0.15) is 0 Å². The highest BCUT2D eigenvalue weighted by Crippen LogP contribution is 2.25. The molecule has 96 valence electrons. The van der Waals surface area contributed by atoms with Crippen LogP contribution in [0.2, 0.25) is 0 Å². The average Bonchev–Trinajstić information content (AvgIpc) is 2.31. The Labute approximate surface area is 106 Å². The molecule has 0 aliphatic rings. The normalized spacial score (nSPS) is 12.4. The zero-order chi connectivity index (χ0) is 12.9. The average molecular weight is 234 g/mol. The molecule has 0 heterocycles. The van der Waals surface area contributed by atoms with E-state index in [0.29, 0.717) is 18.4 Å². The van der Waals surface area contributed by atoms with Crippen molar-refractivity contribution in [3.05, 3.63) is 35.9 Å². The molecular formula is C15H26N2. The summed E-state index contributed by atoms with van der Waals surface area (Å²) in [7, 11) is 0. The third-order valence-corrected chi connectivity index (χ3v) is 3.86. The second kappa shape index (κ2) is 6.18. The largest absolute Gasteiger partial charge is 0.329 e. The van der Waals surface area contributed by atoms with E-state index in [9.17, 15) is 0 Å². The fourth-order valence-electron chi connectivity index (χ4n) is 2.48. The summed E-state index contributed by atoms with van der Waals surface area (Å²) in [6, 6.07) is 10.5. The predicted octanol–water partition coefficient (Wildman–Crippen LogP) is 2.79. The van der Waals surface area contributed by atoms with Crippen LogP contribution in [0.1, 0.15) is 33.3 Å². The van der Waals surface area contributed by atoms with Crippen LogP contribution < -0.4 is 11.1 Å². The molecule has 17 heavy (non-hydrogen) atoms. The van der Waals surface area contributed by atoms with Crippen molar-refractivity contribution in [3.8, 4) is 0 Å². The first kappa shape index (κ1) is 14.2. The van der Waals surface area contributed by atoms with Crippen molar-refractivity contribution in [1.29, 1.82) is 0 Å². The van der Waals surface area contributed by atoms with E-state index in [1.165, 1.54) is 5.56 Å². The second-order valence-electron chi connectivity index (χ2n) is 5.39. The maximum Gasteiger partial charge on any atom is 0.0353 e. The third-order valence-electron chi connectivity index (χ3n) is 3.86. The number of hydrogen-bond donors (Lipinski definition) is 2. The van der Waals surface area contributed by atoms with Gasteiger partial charge in [-0.25, -0.2) is 0 Å². The minimum Gasteiger partial charge on any atom is -0.329 e. The van der Waals surface area contributed by atoms with Crippen LogP contribution in [0.5, 0.6) is 0 Å². The molecule has 1 rings (SSSR count). The lowest BCUT2D eigenvalue weighted by Gasteiger charge is -2.41. The molecule has 0 amide bonds. The summed E-state index contributed by atoms with van der Waals surface area (Å²) >= 11 is 0. The van der Waals surface area contributed by atoms with Gasteiger partial charge in [-0.2, -0.15) is 0 Å². The van der Waals surface area contributed by atoms with E-state index in [1.807, 2.05) is 6.07 Å². The monoisotopic (exact) mass is 234 g/mol. The van der Waals surface area contributed by atoms with Gasteiger partial charge in [0.25, 0.3) is 0 Å². The van der Waals surface area contributed by atoms with Gasteiger partial charge in [0.05, 0.1) is 0 Å². The number of benzene rings is 1. The fourth-order valence-corrected chi connectivity index (χ4v) is 2.48. The van der Waals surface area contributed by atoms with Gasteiger partial charge in [0, 0.05) is 18.6 Å². The van der Waals surface area contributed by atoms with Crippen molar-refractivity contribution in [2.45, 2.75) is 39.8 Å². The first-order valence-electron chi connectivity index (χ1n) is 6.52. The molecule has 0 fully saturated rings. The summed E-state index contributed by atoms with van der Waals surface area (Å²) in [5.41, 5.74) is 7.35. The lowest BCUT2D eigenvalue weighted by molar-refractivity contribution is 0.170. The Balaban J connectivity index is 2.74. The Kier molecular flexibility index (Phi) is 5.16. The molecule has 0 aliphatic carbocycles. The Morgan fingerprint density at radius 1 is 1.06 bits per heavy atom. The molecule has 2 nitrogen and oxygen atoms in total. The SMILES string of the molecule is CC(C)C(CN)(NCc1ccccc1)C(C)C. The first-order valence-corrected chi connectivity index (χ1v) is 6.52. The Morgan fingerprint density at radius 3 is 2.00 bits per heavy atom. The Hall–Kier alpha value is -0.860. The summed E-state index contributed by atoms with van der Waals surface area (Å²) in [4.78, 5) is 0. The molecular weight excluding hydrogens is 208 g/mol. The van der Waals surface area contributed by atoms with Crippen molar-refractivity contribution in [3.63, 3.8) is 0 Å². The highest BCUT2D eigenvalue weighted by molar-refractivity contribution is 5.15. The smallest absolute Gasteiger partial charge is 0.0353 e. The topological polar surface area (TPSA) is 38.0 Å². The molecule has 0 aliphatic heterocycles. The maximum absolute atomic E-state index is 6.01. The first-order chi connectivity index (χ1) is 8.03. The van der Waals surface area contributed by atoms with Gasteiger partial charge in [-0.3, -0.25) is 0 Å². The van der Waals surface area contributed by atoms with Crippen LogP contribution in [0.3, 0.4) is 0 Å². The molecule has 0 saturated carbocycles. The van der Waals surface area contributed by atoms with Crippen LogP contribution in [-0.4, -0.2) is 12.1 Å². The quantitative estimate of drug-likeness (QED) is 0.794. The van der Waals surface area contributed by atoms with E-state index in [4.69, 9.17) is 5.73 Å². The fraction of sp³-hybridized carbons (Fsp3) is 0.600. The molecule has 0 atom stereocenters. The van der Waals surface area contributed by atoms with Crippen molar-refractivity contribution < 1.29 is 0 Å². The maximum atomic E-state index is 6.01. The zero-order valence-electron chi connectivity index (χ0n) is 11.5. The lowest BCUT2D eigenvalue weighted by Crippen LogP contribution is -2.58. The van der Waals surface area contributed by atoms with E-state index in [0.717, 1.165) is 6.54 Å². The van der Waals surface area contributed by atoms with Crippen LogP contribution in [0.15, 0.2) is 30.3 Å². The molecule has 0 radical (unpaired) electrons. The van der Waals surface area contributed by atoms with Crippen LogP contribution in [0.4, 0.5) is 0 Å². The molecule has 1 aromatic carbocycles. The number of nitrogens with two attached hydrogens (primary N) is 1. The second-order valence-corrected chi connectivity index (χ2v) is 5.39. The van der Waals surface area contributed by atoms with Crippen molar-refractivity contribution in [2.24, 2.45) is 17.6 Å². The summed E-state index contributed by atoms with van der Waals surface area (Å²) in [6.07, 6.45) is 0. The molecule has 0 aromatic heterocycles. The molecule has 0 unspecified atom stereocenters. The van der Waals surface area contributed by atoms with E-state index in [-0.39, 0.29) is 5.54 Å². The van der Waals surface area contributed by atoms with Gasteiger partial charge >= 0.3 is 0 Å². The van der Waals surface area contributed by atoms with E-state index in [2.05, 4.69) is 57.3 Å². The van der Waals surface area contributed by atoms with Gasteiger partial charge in [-0.05, 0) is 17.4 Å². The van der Waals surface area contributed by atoms with Crippen LogP contribution in [0, 0.1) is 11.8 Å². The van der Waals surface area contributed by atoms with Gasteiger partial charge in [-0.15, -0.1) is 0 Å². The minimum absolute atomic E-state index is 0.0237. The minimum atomic E-state index is 0.0237. The van der Waals surface area contributed by atoms with Crippen LogP contribution in [-0.2, 0) is 6.54 Å². The predicted molar refractivity (Wildman–Crippen MR) is 74.7 cm³/mol. The molecule has 0 saturated heterocycles. The van der Waals surface area contributed by atoms with Crippen LogP contribution >= 0.6 is 0 Å². The van der Waals surface area contributed by atoms with E-state index in [1.54, 1.807) is 0 Å². The summed E-state index contributed by atoms with van der Waals surface area (Å²) in [6.45, 7) is 10.5. The summed E-state index contributed by atoms with van der Waals surface area (Å²) in [5, 5.41) is 3.67.